The maximum atomic E-state index is 12.8. The van der Waals surface area contributed by atoms with Crippen LogP contribution in [0.3, 0.4) is 0 Å². The lowest BCUT2D eigenvalue weighted by Crippen LogP contribution is -2.33. The lowest BCUT2D eigenvalue weighted by Gasteiger charge is -2.26. The number of thiophene rings is 1. The number of aromatic nitrogens is 1. The summed E-state index contributed by atoms with van der Waals surface area (Å²) >= 11 is 4.83. The average molecular weight is 494 g/mol. The highest BCUT2D eigenvalue weighted by Crippen LogP contribution is 2.45. The smallest absolute Gasteiger partial charge is 0.234 e. The van der Waals surface area contributed by atoms with E-state index in [1.54, 1.807) is 41.4 Å². The van der Waals surface area contributed by atoms with Crippen molar-refractivity contribution in [2.24, 2.45) is 0 Å². The van der Waals surface area contributed by atoms with Crippen LogP contribution in [0.1, 0.15) is 22.9 Å². The minimum absolute atomic E-state index is 0.0136. The molecule has 0 aliphatic carbocycles. The van der Waals surface area contributed by atoms with Crippen LogP contribution in [0, 0.1) is 0 Å². The third-order valence-corrected chi connectivity index (χ3v) is 8.80. The summed E-state index contributed by atoms with van der Waals surface area (Å²) in [5, 5.41) is 4.93. The Bertz CT molecular complexity index is 1280. The number of hydrogen-bond acceptors (Lipinski definition) is 6. The molecule has 2 amide bonds. The standard InChI is InChI=1S/C25H23N3O2S3/c1-16(29)28-12-11-18-21(13-28)33-25(23(18)24-26-19-9-5-6-10-20(19)32-24)27-22(30)15-31-14-17-7-3-2-4-8-17/h2-10H,11-15H2,1H3,(H,27,30). The molecule has 0 saturated heterocycles. The van der Waals surface area contributed by atoms with Crippen LogP contribution in [-0.4, -0.2) is 34.0 Å². The van der Waals surface area contributed by atoms with Crippen molar-refractivity contribution in [1.29, 1.82) is 0 Å². The SMILES string of the molecule is CC(=O)N1CCc2c(sc(NC(=O)CSCc3ccccc3)c2-c2nc3ccccc3s2)C1. The Balaban J connectivity index is 1.41. The highest BCUT2D eigenvalue weighted by Gasteiger charge is 2.28. The van der Waals surface area contributed by atoms with Gasteiger partial charge in [-0.2, -0.15) is 0 Å². The molecular weight excluding hydrogens is 470 g/mol. The van der Waals surface area contributed by atoms with Crippen molar-refractivity contribution in [3.05, 3.63) is 70.6 Å². The molecule has 5 nitrogen and oxygen atoms in total. The summed E-state index contributed by atoms with van der Waals surface area (Å²) in [4.78, 5) is 32.7. The van der Waals surface area contributed by atoms with Crippen molar-refractivity contribution in [3.8, 4) is 10.6 Å². The van der Waals surface area contributed by atoms with Crippen LogP contribution < -0.4 is 5.32 Å². The van der Waals surface area contributed by atoms with E-state index >= 15 is 0 Å². The monoisotopic (exact) mass is 493 g/mol. The molecule has 33 heavy (non-hydrogen) atoms. The molecule has 0 atom stereocenters. The third kappa shape index (κ3) is 4.83. The van der Waals surface area contributed by atoms with Gasteiger partial charge < -0.3 is 10.2 Å². The van der Waals surface area contributed by atoms with Gasteiger partial charge in [0.15, 0.2) is 0 Å². The minimum Gasteiger partial charge on any atom is -0.337 e. The summed E-state index contributed by atoms with van der Waals surface area (Å²) in [6.07, 6.45) is 0.773. The normalized spacial score (nSPS) is 13.2. The predicted molar refractivity (Wildman–Crippen MR) is 139 cm³/mol. The molecule has 1 N–H and O–H groups in total. The number of thioether (sulfide) groups is 1. The van der Waals surface area contributed by atoms with Crippen molar-refractivity contribution < 1.29 is 9.59 Å². The number of para-hydroxylation sites is 1. The number of nitrogens with zero attached hydrogens (tertiary/aromatic N) is 2. The van der Waals surface area contributed by atoms with Crippen LogP contribution in [0.15, 0.2) is 54.6 Å². The van der Waals surface area contributed by atoms with Gasteiger partial charge in [-0.1, -0.05) is 42.5 Å². The molecule has 0 fully saturated rings. The number of fused-ring (bicyclic) bond motifs is 2. The first-order valence-electron chi connectivity index (χ1n) is 10.8. The average Bonchev–Trinajstić information content (AvgIpc) is 3.39. The molecule has 4 aromatic rings. The van der Waals surface area contributed by atoms with Gasteiger partial charge in [-0.05, 0) is 29.7 Å². The Morgan fingerprint density at radius 2 is 1.88 bits per heavy atom. The Labute approximate surface area is 204 Å². The fourth-order valence-electron chi connectivity index (χ4n) is 3.96. The van der Waals surface area contributed by atoms with Gasteiger partial charge in [-0.3, -0.25) is 9.59 Å². The van der Waals surface area contributed by atoms with E-state index in [1.807, 2.05) is 41.3 Å². The first-order valence-corrected chi connectivity index (χ1v) is 13.5. The number of rotatable bonds is 6. The van der Waals surface area contributed by atoms with Gasteiger partial charge in [0.1, 0.15) is 10.0 Å². The summed E-state index contributed by atoms with van der Waals surface area (Å²) in [7, 11) is 0. The second kappa shape index (κ2) is 9.67. The van der Waals surface area contributed by atoms with Crippen molar-refractivity contribution in [3.63, 3.8) is 0 Å². The number of thiazole rings is 1. The van der Waals surface area contributed by atoms with Crippen LogP contribution in [0.25, 0.3) is 20.8 Å². The van der Waals surface area contributed by atoms with E-state index < -0.39 is 0 Å². The number of benzene rings is 2. The lowest BCUT2D eigenvalue weighted by atomic mass is 10.0. The van der Waals surface area contributed by atoms with E-state index in [0.717, 1.165) is 42.8 Å². The number of hydrogen-bond donors (Lipinski definition) is 1. The Morgan fingerprint density at radius 1 is 1.09 bits per heavy atom. The fourth-order valence-corrected chi connectivity index (χ4v) is 7.14. The number of carbonyl (C=O) groups is 2. The molecule has 168 valence electrons. The van der Waals surface area contributed by atoms with E-state index in [4.69, 9.17) is 4.98 Å². The van der Waals surface area contributed by atoms with Gasteiger partial charge in [-0.15, -0.1) is 34.4 Å². The summed E-state index contributed by atoms with van der Waals surface area (Å²) in [6, 6.07) is 18.3. The largest absolute Gasteiger partial charge is 0.337 e. The van der Waals surface area contributed by atoms with Crippen molar-refractivity contribution in [1.82, 2.24) is 9.88 Å². The second-order valence-electron chi connectivity index (χ2n) is 7.91. The first-order chi connectivity index (χ1) is 16.1. The maximum Gasteiger partial charge on any atom is 0.234 e. The van der Waals surface area contributed by atoms with Crippen LogP contribution in [-0.2, 0) is 28.3 Å². The molecule has 2 aromatic heterocycles. The Kier molecular flexibility index (Phi) is 6.48. The maximum absolute atomic E-state index is 12.8. The highest BCUT2D eigenvalue weighted by molar-refractivity contribution is 7.99. The number of anilines is 1. The van der Waals surface area contributed by atoms with E-state index in [9.17, 15) is 9.59 Å². The van der Waals surface area contributed by atoms with E-state index in [-0.39, 0.29) is 11.8 Å². The topological polar surface area (TPSA) is 62.3 Å². The molecule has 0 spiro atoms. The zero-order chi connectivity index (χ0) is 22.8. The number of amides is 2. The summed E-state index contributed by atoms with van der Waals surface area (Å²) in [5.41, 5.74) is 4.42. The zero-order valence-corrected chi connectivity index (χ0v) is 20.6. The molecule has 0 radical (unpaired) electrons. The van der Waals surface area contributed by atoms with E-state index in [2.05, 4.69) is 23.5 Å². The predicted octanol–water partition coefficient (Wildman–Crippen LogP) is 5.80. The second-order valence-corrected chi connectivity index (χ2v) is 11.0. The first kappa shape index (κ1) is 22.1. The molecule has 1 aliphatic heterocycles. The summed E-state index contributed by atoms with van der Waals surface area (Å²) in [6.45, 7) is 2.89. The fraction of sp³-hybridized carbons (Fsp3) is 0.240. The van der Waals surface area contributed by atoms with E-state index in [0.29, 0.717) is 18.8 Å². The molecule has 2 aromatic carbocycles. The molecule has 3 heterocycles. The quantitative estimate of drug-likeness (QED) is 0.369. The van der Waals surface area contributed by atoms with Crippen LogP contribution >= 0.6 is 34.4 Å². The van der Waals surface area contributed by atoms with Gasteiger partial charge in [0.2, 0.25) is 11.8 Å². The molecule has 0 bridgehead atoms. The summed E-state index contributed by atoms with van der Waals surface area (Å²) in [5.74, 6) is 1.25. The van der Waals surface area contributed by atoms with Crippen molar-refractivity contribution >= 4 is 61.5 Å². The van der Waals surface area contributed by atoms with Crippen molar-refractivity contribution in [2.45, 2.75) is 25.6 Å². The highest BCUT2D eigenvalue weighted by atomic mass is 32.2. The van der Waals surface area contributed by atoms with E-state index in [1.165, 1.54) is 11.1 Å². The zero-order valence-electron chi connectivity index (χ0n) is 18.2. The lowest BCUT2D eigenvalue weighted by molar-refractivity contribution is -0.129. The molecule has 0 unspecified atom stereocenters. The molecule has 1 aliphatic rings. The van der Waals surface area contributed by atoms with Crippen LogP contribution in [0.4, 0.5) is 5.00 Å². The summed E-state index contributed by atoms with van der Waals surface area (Å²) < 4.78 is 1.13. The van der Waals surface area contributed by atoms with Gasteiger partial charge in [0.25, 0.3) is 0 Å². The third-order valence-electron chi connectivity index (χ3n) is 5.61. The van der Waals surface area contributed by atoms with Gasteiger partial charge in [-0.25, -0.2) is 4.98 Å². The molecule has 5 rings (SSSR count). The Hall–Kier alpha value is -2.68. The van der Waals surface area contributed by atoms with Crippen LogP contribution in [0.2, 0.25) is 0 Å². The van der Waals surface area contributed by atoms with Gasteiger partial charge >= 0.3 is 0 Å². The van der Waals surface area contributed by atoms with Gasteiger partial charge in [0.05, 0.1) is 22.5 Å². The molecular formula is C25H23N3O2S3. The number of carbonyl (C=O) groups excluding carboxylic acids is 2. The molecule has 0 saturated carbocycles. The minimum atomic E-state index is -0.0136. The number of nitrogens with one attached hydrogen (secondary N) is 1. The molecule has 8 heteroatoms. The van der Waals surface area contributed by atoms with Gasteiger partial charge in [0, 0.05) is 29.7 Å². The Morgan fingerprint density at radius 3 is 2.67 bits per heavy atom. The van der Waals surface area contributed by atoms with Crippen molar-refractivity contribution in [2.75, 3.05) is 17.6 Å². The van der Waals surface area contributed by atoms with Crippen LogP contribution in [0.5, 0.6) is 0 Å².